The van der Waals surface area contributed by atoms with Crippen LogP contribution in [-0.2, 0) is 9.84 Å². The normalized spacial score (nSPS) is 12.9. The summed E-state index contributed by atoms with van der Waals surface area (Å²) in [5.41, 5.74) is -0.800. The van der Waals surface area contributed by atoms with Crippen LogP contribution in [0, 0.1) is 0 Å². The van der Waals surface area contributed by atoms with Crippen molar-refractivity contribution in [2.75, 3.05) is 30.1 Å². The van der Waals surface area contributed by atoms with Crippen LogP contribution in [0.2, 0.25) is 0 Å². The molecule has 112 valence electrons. The molecule has 0 aliphatic carbocycles. The van der Waals surface area contributed by atoms with Gasteiger partial charge in [0.2, 0.25) is 0 Å². The van der Waals surface area contributed by atoms with E-state index in [4.69, 9.17) is 16.7 Å². The van der Waals surface area contributed by atoms with E-state index in [2.05, 4.69) is 0 Å². The predicted octanol–water partition coefficient (Wildman–Crippen LogP) is 0.793. The Hall–Kier alpha value is -1.31. The second-order valence-corrected chi connectivity index (χ2v) is 6.85. The molecule has 1 unspecified atom stereocenters. The van der Waals surface area contributed by atoms with Crippen molar-refractivity contribution >= 4 is 33.1 Å². The van der Waals surface area contributed by atoms with Crippen LogP contribution in [0.1, 0.15) is 10.4 Å². The maximum absolute atomic E-state index is 11.3. The first-order chi connectivity index (χ1) is 9.25. The molecule has 8 heteroatoms. The van der Waals surface area contributed by atoms with Gasteiger partial charge in [-0.15, -0.1) is 11.6 Å². The summed E-state index contributed by atoms with van der Waals surface area (Å²) in [6.07, 6.45) is 0.948. The Kier molecular flexibility index (Phi) is 5.79. The molecule has 0 bridgehead atoms. The lowest BCUT2D eigenvalue weighted by molar-refractivity contribution is 0.0697. The molecule has 0 heterocycles. The van der Waals surface area contributed by atoms with Crippen LogP contribution >= 0.6 is 11.6 Å². The first-order valence-electron chi connectivity index (χ1n) is 5.77. The van der Waals surface area contributed by atoms with Crippen molar-refractivity contribution in [2.24, 2.45) is 0 Å². The highest BCUT2D eigenvalue weighted by Crippen LogP contribution is 2.17. The lowest BCUT2D eigenvalue weighted by Crippen LogP contribution is -2.37. The average molecular weight is 322 g/mol. The third-order valence-corrected chi connectivity index (χ3v) is 4.01. The van der Waals surface area contributed by atoms with Crippen LogP contribution in [0.4, 0.5) is 5.69 Å². The molecule has 0 amide bonds. The van der Waals surface area contributed by atoms with Crippen molar-refractivity contribution in [3.63, 3.8) is 0 Å². The maximum atomic E-state index is 11.3. The largest absolute Gasteiger partial charge is 0.478 e. The number of nitrogens with zero attached hydrogens (tertiary/aromatic N) is 1. The molecule has 0 spiro atoms. The minimum absolute atomic E-state index is 0.127. The van der Waals surface area contributed by atoms with E-state index in [0.717, 1.165) is 6.26 Å². The number of aromatic carboxylic acids is 1. The first-order valence-corrected chi connectivity index (χ1v) is 8.26. The van der Waals surface area contributed by atoms with Crippen LogP contribution in [0.3, 0.4) is 0 Å². The van der Waals surface area contributed by atoms with Gasteiger partial charge in [0, 0.05) is 24.4 Å². The topological polar surface area (TPSA) is 94.9 Å². The van der Waals surface area contributed by atoms with Gasteiger partial charge in [-0.3, -0.25) is 0 Å². The van der Waals surface area contributed by atoms with E-state index in [0.29, 0.717) is 12.2 Å². The molecule has 1 atom stereocenters. The van der Waals surface area contributed by atoms with Crippen LogP contribution in [0.5, 0.6) is 0 Å². The lowest BCUT2D eigenvalue weighted by Gasteiger charge is -2.26. The van der Waals surface area contributed by atoms with Gasteiger partial charge in [-0.05, 0) is 24.3 Å². The molecule has 0 saturated heterocycles. The summed E-state index contributed by atoms with van der Waals surface area (Å²) >= 11 is 5.66. The zero-order valence-electron chi connectivity index (χ0n) is 10.9. The molecule has 0 aromatic heterocycles. The number of halogens is 1. The summed E-state index contributed by atoms with van der Waals surface area (Å²) < 4.78 is 22.5. The molecule has 0 aliphatic heterocycles. The minimum atomic E-state index is -3.57. The van der Waals surface area contributed by atoms with E-state index in [1.54, 1.807) is 17.0 Å². The summed E-state index contributed by atoms with van der Waals surface area (Å²) in [5, 5.41) is 18.4. The zero-order valence-corrected chi connectivity index (χ0v) is 12.4. The lowest BCUT2D eigenvalue weighted by atomic mass is 10.2. The number of aliphatic hydroxyl groups is 1. The van der Waals surface area contributed by atoms with Gasteiger partial charge in [-0.1, -0.05) is 0 Å². The highest BCUT2D eigenvalue weighted by molar-refractivity contribution is 7.91. The average Bonchev–Trinajstić information content (AvgIpc) is 2.37. The van der Waals surface area contributed by atoms with Gasteiger partial charge in [0.05, 0.1) is 12.1 Å². The summed E-state index contributed by atoms with van der Waals surface area (Å²) in [7, 11) is -3.57. The molecule has 20 heavy (non-hydrogen) atoms. The molecule has 1 aromatic rings. The van der Waals surface area contributed by atoms with Crippen molar-refractivity contribution in [1.29, 1.82) is 0 Å². The van der Waals surface area contributed by atoms with Gasteiger partial charge in [0.25, 0.3) is 0 Å². The van der Waals surface area contributed by atoms with Gasteiger partial charge < -0.3 is 15.1 Å². The fraction of sp³-hybridized carbons (Fsp3) is 0.417. The minimum Gasteiger partial charge on any atom is -0.478 e. The van der Waals surface area contributed by atoms with E-state index in [1.807, 2.05) is 0 Å². The third kappa shape index (κ3) is 4.66. The first kappa shape index (κ1) is 16.7. The molecule has 1 aromatic carbocycles. The number of anilines is 1. The summed E-state index contributed by atoms with van der Waals surface area (Å²) in [5.74, 6) is -0.798. The Labute approximate surface area is 122 Å². The number of rotatable bonds is 7. The Morgan fingerprint density at radius 3 is 2.30 bits per heavy atom. The Morgan fingerprint density at radius 1 is 1.35 bits per heavy atom. The molecule has 6 nitrogen and oxygen atoms in total. The van der Waals surface area contributed by atoms with Crippen LogP contribution < -0.4 is 4.90 Å². The number of aliphatic hydroxyl groups excluding tert-OH is 1. The SMILES string of the molecule is CS(=O)(=O)C(O)CN(CCCl)c1ccc(C(=O)O)cc1. The van der Waals surface area contributed by atoms with Gasteiger partial charge in [0.1, 0.15) is 0 Å². The standard InChI is InChI=1S/C12H16ClNO5S/c1-20(18,19)11(15)8-14(7-6-13)10-4-2-9(3-5-10)12(16)17/h2-5,11,15H,6-8H2,1H3,(H,16,17). The number of alkyl halides is 1. The fourth-order valence-electron chi connectivity index (χ4n) is 1.57. The molecule has 1 rings (SSSR count). The second kappa shape index (κ2) is 6.92. The van der Waals surface area contributed by atoms with Crippen molar-refractivity contribution in [2.45, 2.75) is 5.44 Å². The molecule has 0 radical (unpaired) electrons. The van der Waals surface area contributed by atoms with E-state index < -0.39 is 21.2 Å². The summed E-state index contributed by atoms with van der Waals surface area (Å²) in [4.78, 5) is 12.4. The van der Waals surface area contributed by atoms with Gasteiger partial charge in [-0.25, -0.2) is 13.2 Å². The number of sulfone groups is 1. The van der Waals surface area contributed by atoms with Gasteiger partial charge in [-0.2, -0.15) is 0 Å². The predicted molar refractivity (Wildman–Crippen MR) is 77.2 cm³/mol. The number of carbonyl (C=O) groups is 1. The highest BCUT2D eigenvalue weighted by atomic mass is 35.5. The summed E-state index contributed by atoms with van der Waals surface area (Å²) in [6.45, 7) is 0.207. The molecule has 0 aliphatic rings. The number of hydrogen-bond donors (Lipinski definition) is 2. The van der Waals surface area contributed by atoms with Crippen LogP contribution in [0.15, 0.2) is 24.3 Å². The molecule has 2 N–H and O–H groups in total. The fourth-order valence-corrected chi connectivity index (χ4v) is 2.22. The number of carboxylic acids is 1. The molecular weight excluding hydrogens is 306 g/mol. The van der Waals surface area contributed by atoms with E-state index >= 15 is 0 Å². The van der Waals surface area contributed by atoms with Crippen LogP contribution in [-0.4, -0.2) is 55.3 Å². The molecule has 0 saturated carbocycles. The van der Waals surface area contributed by atoms with Gasteiger partial charge in [0.15, 0.2) is 15.3 Å². The van der Waals surface area contributed by atoms with Crippen molar-refractivity contribution in [1.82, 2.24) is 0 Å². The third-order valence-electron chi connectivity index (χ3n) is 2.70. The monoisotopic (exact) mass is 321 g/mol. The molecule has 0 fully saturated rings. The van der Waals surface area contributed by atoms with Crippen molar-refractivity contribution in [3.8, 4) is 0 Å². The number of hydrogen-bond acceptors (Lipinski definition) is 5. The Bertz CT molecular complexity index is 558. The quantitative estimate of drug-likeness (QED) is 0.721. The Balaban J connectivity index is 2.93. The van der Waals surface area contributed by atoms with Gasteiger partial charge >= 0.3 is 5.97 Å². The van der Waals surface area contributed by atoms with E-state index in [1.165, 1.54) is 12.1 Å². The number of carboxylic acid groups (broad SMARTS) is 1. The second-order valence-electron chi connectivity index (χ2n) is 4.27. The highest BCUT2D eigenvalue weighted by Gasteiger charge is 2.21. The van der Waals surface area contributed by atoms with Crippen molar-refractivity contribution < 1.29 is 23.4 Å². The Morgan fingerprint density at radius 2 is 1.90 bits per heavy atom. The van der Waals surface area contributed by atoms with E-state index in [-0.39, 0.29) is 18.0 Å². The molecular formula is C12H16ClNO5S. The van der Waals surface area contributed by atoms with Crippen molar-refractivity contribution in [3.05, 3.63) is 29.8 Å². The van der Waals surface area contributed by atoms with E-state index in [9.17, 15) is 18.3 Å². The maximum Gasteiger partial charge on any atom is 0.335 e. The zero-order chi connectivity index (χ0) is 15.3. The summed E-state index contributed by atoms with van der Waals surface area (Å²) in [6, 6.07) is 5.91. The van der Waals surface area contributed by atoms with Crippen LogP contribution in [0.25, 0.3) is 0 Å². The smallest absolute Gasteiger partial charge is 0.335 e. The number of benzene rings is 1.